The number of hydrogen-bond acceptors (Lipinski definition) is 4. The molecule has 2 N–H and O–H groups in total. The van der Waals surface area contributed by atoms with Crippen molar-refractivity contribution in [1.82, 2.24) is 25.4 Å². The van der Waals surface area contributed by atoms with E-state index in [-0.39, 0.29) is 30.0 Å². The van der Waals surface area contributed by atoms with Crippen LogP contribution >= 0.6 is 24.0 Å². The van der Waals surface area contributed by atoms with E-state index in [9.17, 15) is 0 Å². The van der Waals surface area contributed by atoms with Gasteiger partial charge in [0.2, 0.25) is 0 Å². The molecule has 3 rings (SSSR count). The molecule has 8 heteroatoms. The summed E-state index contributed by atoms with van der Waals surface area (Å²) in [7, 11) is 1.78. The number of benzene rings is 2. The van der Waals surface area contributed by atoms with Crippen molar-refractivity contribution in [3.8, 4) is 11.4 Å². The average Bonchev–Trinajstić information content (AvgIpc) is 3.30. The van der Waals surface area contributed by atoms with Gasteiger partial charge in [-0.2, -0.15) is 5.10 Å². The molecule has 3 aromatic rings. The number of rotatable bonds is 8. The van der Waals surface area contributed by atoms with Crippen LogP contribution in [0.25, 0.3) is 5.69 Å². The standard InChI is InChI=1S/C23H30N6O.HI/c1-17(2)14-30-22-11-7-20(8-12-22)18(3)28-23(24-4)26-13-19-5-9-21(10-6-19)29-16-25-15-27-29;/h5-12,15-18H,13-14H2,1-4H3,(H2,24,26,28);1H. The zero-order valence-corrected chi connectivity index (χ0v) is 20.8. The van der Waals surface area contributed by atoms with Gasteiger partial charge in [0.05, 0.1) is 18.3 Å². The van der Waals surface area contributed by atoms with E-state index < -0.39 is 0 Å². The molecule has 0 bridgehead atoms. The molecule has 7 nitrogen and oxygen atoms in total. The van der Waals surface area contributed by atoms with Crippen LogP contribution in [0.3, 0.4) is 0 Å². The molecule has 1 heterocycles. The van der Waals surface area contributed by atoms with Crippen LogP contribution in [0.4, 0.5) is 0 Å². The van der Waals surface area contributed by atoms with Crippen LogP contribution in [0.2, 0.25) is 0 Å². The lowest BCUT2D eigenvalue weighted by atomic mass is 10.1. The van der Waals surface area contributed by atoms with E-state index in [1.165, 1.54) is 11.9 Å². The molecule has 0 spiro atoms. The van der Waals surface area contributed by atoms with E-state index >= 15 is 0 Å². The molecular weight excluding hydrogens is 503 g/mol. The molecule has 31 heavy (non-hydrogen) atoms. The zero-order valence-electron chi connectivity index (χ0n) is 18.4. The van der Waals surface area contributed by atoms with E-state index in [0.29, 0.717) is 12.5 Å². The summed E-state index contributed by atoms with van der Waals surface area (Å²) < 4.78 is 7.49. The highest BCUT2D eigenvalue weighted by Crippen LogP contribution is 2.18. The van der Waals surface area contributed by atoms with Gasteiger partial charge in [0.25, 0.3) is 0 Å². The summed E-state index contributed by atoms with van der Waals surface area (Å²) in [6.45, 7) is 7.80. The van der Waals surface area contributed by atoms with E-state index in [1.807, 2.05) is 24.3 Å². The summed E-state index contributed by atoms with van der Waals surface area (Å²) >= 11 is 0. The van der Waals surface area contributed by atoms with Crippen LogP contribution in [0, 0.1) is 5.92 Å². The maximum absolute atomic E-state index is 5.76. The first-order chi connectivity index (χ1) is 14.5. The van der Waals surface area contributed by atoms with Gasteiger partial charge < -0.3 is 15.4 Å². The minimum atomic E-state index is 0. The summed E-state index contributed by atoms with van der Waals surface area (Å²) in [5, 5.41) is 10.9. The van der Waals surface area contributed by atoms with Gasteiger partial charge in [-0.05, 0) is 48.2 Å². The van der Waals surface area contributed by atoms with Gasteiger partial charge in [0.1, 0.15) is 18.4 Å². The third-order valence-electron chi connectivity index (χ3n) is 4.62. The first-order valence-corrected chi connectivity index (χ1v) is 10.2. The van der Waals surface area contributed by atoms with Gasteiger partial charge in [0, 0.05) is 13.6 Å². The third kappa shape index (κ3) is 7.54. The largest absolute Gasteiger partial charge is 0.493 e. The average molecular weight is 534 g/mol. The van der Waals surface area contributed by atoms with E-state index in [2.05, 4.69) is 70.7 Å². The number of aliphatic imine (C=N–C) groups is 1. The summed E-state index contributed by atoms with van der Waals surface area (Å²) in [4.78, 5) is 8.31. The van der Waals surface area contributed by atoms with Crippen molar-refractivity contribution < 1.29 is 4.74 Å². The zero-order chi connectivity index (χ0) is 21.3. The molecule has 2 aromatic carbocycles. The van der Waals surface area contributed by atoms with Crippen molar-refractivity contribution in [2.24, 2.45) is 10.9 Å². The topological polar surface area (TPSA) is 76.4 Å². The Hall–Kier alpha value is -2.62. The Morgan fingerprint density at radius 1 is 1.06 bits per heavy atom. The molecule has 0 aliphatic rings. The Labute approximate surface area is 201 Å². The SMILES string of the molecule is CN=C(NCc1ccc(-n2cncn2)cc1)NC(C)c1ccc(OCC(C)C)cc1.I. The maximum atomic E-state index is 5.76. The number of aromatic nitrogens is 3. The predicted molar refractivity (Wildman–Crippen MR) is 135 cm³/mol. The van der Waals surface area contributed by atoms with Crippen molar-refractivity contribution >= 4 is 29.9 Å². The van der Waals surface area contributed by atoms with Crippen molar-refractivity contribution in [1.29, 1.82) is 0 Å². The Bertz CT molecular complexity index is 924. The van der Waals surface area contributed by atoms with Crippen molar-refractivity contribution in [3.05, 3.63) is 72.3 Å². The number of halogens is 1. The molecule has 1 unspecified atom stereocenters. The molecule has 1 aromatic heterocycles. The number of nitrogens with zero attached hydrogens (tertiary/aromatic N) is 4. The summed E-state index contributed by atoms with van der Waals surface area (Å²) in [5.74, 6) is 2.16. The number of guanidine groups is 1. The Balaban J connectivity index is 0.00000341. The molecule has 166 valence electrons. The fourth-order valence-electron chi connectivity index (χ4n) is 2.89. The van der Waals surface area contributed by atoms with Crippen LogP contribution in [-0.4, -0.2) is 34.4 Å². The lowest BCUT2D eigenvalue weighted by Crippen LogP contribution is -2.38. The quantitative estimate of drug-likeness (QED) is 0.256. The molecule has 0 aliphatic carbocycles. The number of hydrogen-bond donors (Lipinski definition) is 2. The second-order valence-electron chi connectivity index (χ2n) is 7.57. The molecule has 0 fully saturated rings. The summed E-state index contributed by atoms with van der Waals surface area (Å²) in [5.41, 5.74) is 3.31. The summed E-state index contributed by atoms with van der Waals surface area (Å²) in [6.07, 6.45) is 3.21. The fraction of sp³-hybridized carbons (Fsp3) is 0.348. The second-order valence-corrected chi connectivity index (χ2v) is 7.57. The molecule has 0 saturated heterocycles. The van der Waals surface area contributed by atoms with Gasteiger partial charge in [-0.25, -0.2) is 9.67 Å². The first kappa shape index (κ1) is 24.6. The summed E-state index contributed by atoms with van der Waals surface area (Å²) in [6, 6.07) is 16.5. The Morgan fingerprint density at radius 3 is 2.35 bits per heavy atom. The highest BCUT2D eigenvalue weighted by atomic mass is 127. The van der Waals surface area contributed by atoms with Crippen molar-refractivity contribution in [2.75, 3.05) is 13.7 Å². The van der Waals surface area contributed by atoms with Crippen LogP contribution in [0.1, 0.15) is 37.9 Å². The molecule has 0 aliphatic heterocycles. The van der Waals surface area contributed by atoms with Gasteiger partial charge in [-0.15, -0.1) is 24.0 Å². The lowest BCUT2D eigenvalue weighted by molar-refractivity contribution is 0.271. The fourth-order valence-corrected chi connectivity index (χ4v) is 2.89. The van der Waals surface area contributed by atoms with E-state index in [1.54, 1.807) is 18.1 Å². The minimum Gasteiger partial charge on any atom is -0.493 e. The molecular formula is C23H31IN6O. The molecule has 1 atom stereocenters. The van der Waals surface area contributed by atoms with Gasteiger partial charge in [-0.1, -0.05) is 38.1 Å². The normalized spacial score (nSPS) is 12.2. The first-order valence-electron chi connectivity index (χ1n) is 10.2. The molecule has 0 radical (unpaired) electrons. The van der Waals surface area contributed by atoms with Gasteiger partial charge in [-0.3, -0.25) is 4.99 Å². The number of nitrogens with one attached hydrogen (secondary N) is 2. The third-order valence-corrected chi connectivity index (χ3v) is 4.62. The minimum absolute atomic E-state index is 0. The molecule has 0 amide bonds. The van der Waals surface area contributed by atoms with Crippen LogP contribution in [0.15, 0.2) is 66.2 Å². The van der Waals surface area contributed by atoms with Crippen molar-refractivity contribution in [3.63, 3.8) is 0 Å². The lowest BCUT2D eigenvalue weighted by Gasteiger charge is -2.19. The van der Waals surface area contributed by atoms with Crippen LogP contribution < -0.4 is 15.4 Å². The Morgan fingerprint density at radius 2 is 1.77 bits per heavy atom. The Kier molecular flexibility index (Phi) is 9.77. The second kappa shape index (κ2) is 12.3. The van der Waals surface area contributed by atoms with Gasteiger partial charge in [0.15, 0.2) is 5.96 Å². The number of ether oxygens (including phenoxy) is 1. The maximum Gasteiger partial charge on any atom is 0.191 e. The van der Waals surface area contributed by atoms with Crippen LogP contribution in [0.5, 0.6) is 5.75 Å². The van der Waals surface area contributed by atoms with E-state index in [0.717, 1.165) is 29.6 Å². The molecule has 0 saturated carbocycles. The smallest absolute Gasteiger partial charge is 0.191 e. The monoisotopic (exact) mass is 534 g/mol. The van der Waals surface area contributed by atoms with E-state index in [4.69, 9.17) is 4.74 Å². The van der Waals surface area contributed by atoms with Crippen molar-refractivity contribution in [2.45, 2.75) is 33.4 Å². The predicted octanol–water partition coefficient (Wildman–Crippen LogP) is 4.35. The van der Waals surface area contributed by atoms with Crippen LogP contribution in [-0.2, 0) is 6.54 Å². The highest BCUT2D eigenvalue weighted by molar-refractivity contribution is 14.0. The van der Waals surface area contributed by atoms with Gasteiger partial charge >= 0.3 is 0 Å². The highest BCUT2D eigenvalue weighted by Gasteiger charge is 2.08.